The normalized spacial score (nSPS) is 18.4. The van der Waals surface area contributed by atoms with Gasteiger partial charge < -0.3 is 15.3 Å². The summed E-state index contributed by atoms with van der Waals surface area (Å²) < 4.78 is 1.25. The second kappa shape index (κ2) is 6.29. The van der Waals surface area contributed by atoms with E-state index in [-0.39, 0.29) is 0 Å². The molecule has 0 amide bonds. The zero-order chi connectivity index (χ0) is 13.7. The number of piperidine rings is 1. The van der Waals surface area contributed by atoms with Crippen LogP contribution in [0.25, 0.3) is 0 Å². The first kappa shape index (κ1) is 14.2. The van der Waals surface area contributed by atoms with Crippen LogP contribution in [0.2, 0.25) is 0 Å². The first-order chi connectivity index (χ1) is 9.09. The fourth-order valence-corrected chi connectivity index (χ4v) is 3.12. The molecule has 0 spiro atoms. The lowest BCUT2D eigenvalue weighted by Gasteiger charge is -2.37. The number of anilines is 1. The van der Waals surface area contributed by atoms with Crippen LogP contribution in [0.4, 0.5) is 5.69 Å². The highest BCUT2D eigenvalue weighted by Gasteiger charge is 2.23. The molecule has 0 saturated carbocycles. The van der Waals surface area contributed by atoms with E-state index in [4.69, 9.17) is 5.73 Å². The average Bonchev–Trinajstić information content (AvgIpc) is 2.39. The Balaban J connectivity index is 1.75. The molecule has 106 valence electrons. The molecule has 1 saturated heterocycles. The maximum Gasteiger partial charge on any atom is 0.116 e. The van der Waals surface area contributed by atoms with Crippen LogP contribution >= 0.6 is 0 Å². The van der Waals surface area contributed by atoms with Crippen LogP contribution in [0.1, 0.15) is 37.7 Å². The van der Waals surface area contributed by atoms with Crippen molar-refractivity contribution in [3.8, 4) is 5.75 Å². The SMILES string of the molecule is C[N+]1(CCCCc2cc(O)ccc2N)CCCCC1. The predicted molar refractivity (Wildman–Crippen MR) is 80.1 cm³/mol. The number of quaternary nitrogens is 1. The average molecular weight is 263 g/mol. The van der Waals surface area contributed by atoms with Gasteiger partial charge in [-0.1, -0.05) is 0 Å². The summed E-state index contributed by atoms with van der Waals surface area (Å²) in [6, 6.07) is 5.24. The summed E-state index contributed by atoms with van der Waals surface area (Å²) in [6.45, 7) is 3.96. The summed E-state index contributed by atoms with van der Waals surface area (Å²) in [5.41, 5.74) is 7.81. The molecule has 19 heavy (non-hydrogen) atoms. The minimum Gasteiger partial charge on any atom is -0.508 e. The molecule has 1 heterocycles. The summed E-state index contributed by atoms with van der Waals surface area (Å²) in [5.74, 6) is 0.319. The molecule has 0 unspecified atom stereocenters. The molecule has 1 aromatic carbocycles. The fraction of sp³-hybridized carbons (Fsp3) is 0.625. The third-order valence-electron chi connectivity index (χ3n) is 4.42. The lowest BCUT2D eigenvalue weighted by atomic mass is 10.0. The Bertz CT molecular complexity index is 411. The van der Waals surface area contributed by atoms with Crippen molar-refractivity contribution in [1.82, 2.24) is 0 Å². The van der Waals surface area contributed by atoms with Gasteiger partial charge in [-0.3, -0.25) is 0 Å². The molecule has 0 atom stereocenters. The second-order valence-electron chi connectivity index (χ2n) is 6.19. The van der Waals surface area contributed by atoms with Crippen molar-refractivity contribution >= 4 is 5.69 Å². The standard InChI is InChI=1S/C16H26N2O/c1-18(10-4-2-5-11-18)12-6-3-7-14-13-15(19)8-9-16(14)17/h8-9,13H,2-7,10-12,17H2,1H3/p+1. The molecule has 1 aliphatic heterocycles. The Kier molecular flexibility index (Phi) is 4.70. The number of unbranched alkanes of at least 4 members (excludes halogenated alkanes) is 1. The predicted octanol–water partition coefficient (Wildman–Crippen LogP) is 2.93. The lowest BCUT2D eigenvalue weighted by molar-refractivity contribution is -0.914. The number of likely N-dealkylation sites (tertiary alicyclic amines) is 1. The Morgan fingerprint density at radius 3 is 2.63 bits per heavy atom. The van der Waals surface area contributed by atoms with Gasteiger partial charge in [0.15, 0.2) is 0 Å². The van der Waals surface area contributed by atoms with Crippen LogP contribution in [0.15, 0.2) is 18.2 Å². The third kappa shape index (κ3) is 4.13. The van der Waals surface area contributed by atoms with Gasteiger partial charge >= 0.3 is 0 Å². The van der Waals surface area contributed by atoms with E-state index in [1.165, 1.54) is 49.8 Å². The van der Waals surface area contributed by atoms with E-state index in [9.17, 15) is 5.11 Å². The van der Waals surface area contributed by atoms with Gasteiger partial charge in [-0.2, -0.15) is 0 Å². The van der Waals surface area contributed by atoms with Gasteiger partial charge in [-0.15, -0.1) is 0 Å². The van der Waals surface area contributed by atoms with Gasteiger partial charge in [0.25, 0.3) is 0 Å². The number of phenolic OH excluding ortho intramolecular Hbond substituents is 1. The molecule has 3 nitrogen and oxygen atoms in total. The summed E-state index contributed by atoms with van der Waals surface area (Å²) in [7, 11) is 2.39. The van der Waals surface area contributed by atoms with E-state index in [0.29, 0.717) is 5.75 Å². The molecule has 1 aliphatic rings. The number of rotatable bonds is 5. The van der Waals surface area contributed by atoms with Gasteiger partial charge in [-0.05, 0) is 62.3 Å². The van der Waals surface area contributed by atoms with Crippen molar-refractivity contribution in [1.29, 1.82) is 0 Å². The molecule has 1 fully saturated rings. The fourth-order valence-electron chi connectivity index (χ4n) is 3.12. The molecule has 0 bridgehead atoms. The third-order valence-corrected chi connectivity index (χ3v) is 4.42. The molecule has 0 radical (unpaired) electrons. The van der Waals surface area contributed by atoms with Crippen molar-refractivity contribution in [2.75, 3.05) is 32.4 Å². The van der Waals surface area contributed by atoms with Gasteiger partial charge in [0.1, 0.15) is 5.75 Å². The number of benzene rings is 1. The lowest BCUT2D eigenvalue weighted by Crippen LogP contribution is -2.48. The number of aromatic hydroxyl groups is 1. The van der Waals surface area contributed by atoms with Gasteiger partial charge in [0, 0.05) is 5.69 Å². The van der Waals surface area contributed by atoms with Crippen LogP contribution in [0.5, 0.6) is 5.75 Å². The highest BCUT2D eigenvalue weighted by molar-refractivity contribution is 5.50. The Morgan fingerprint density at radius 2 is 1.89 bits per heavy atom. The zero-order valence-electron chi connectivity index (χ0n) is 12.1. The zero-order valence-corrected chi connectivity index (χ0v) is 12.1. The monoisotopic (exact) mass is 263 g/mol. The van der Waals surface area contributed by atoms with Crippen molar-refractivity contribution in [2.45, 2.75) is 38.5 Å². The molecule has 0 aromatic heterocycles. The maximum absolute atomic E-state index is 9.48. The highest BCUT2D eigenvalue weighted by atomic mass is 16.3. The number of nitrogen functional groups attached to an aromatic ring is 1. The molecule has 0 aliphatic carbocycles. The number of nitrogens with two attached hydrogens (primary N) is 1. The number of phenols is 1. The van der Waals surface area contributed by atoms with E-state index in [0.717, 1.165) is 24.1 Å². The van der Waals surface area contributed by atoms with Crippen molar-refractivity contribution in [2.24, 2.45) is 0 Å². The van der Waals surface area contributed by atoms with E-state index >= 15 is 0 Å². The molecular formula is C16H27N2O+. The molecular weight excluding hydrogens is 236 g/mol. The Hall–Kier alpha value is -1.22. The molecule has 3 heteroatoms. The van der Waals surface area contributed by atoms with Crippen LogP contribution in [-0.2, 0) is 6.42 Å². The van der Waals surface area contributed by atoms with Crippen molar-refractivity contribution < 1.29 is 9.59 Å². The molecule has 3 N–H and O–H groups in total. The molecule has 2 rings (SSSR count). The summed E-state index contributed by atoms with van der Waals surface area (Å²) >= 11 is 0. The van der Waals surface area contributed by atoms with E-state index in [1.807, 2.05) is 0 Å². The van der Waals surface area contributed by atoms with Gasteiger partial charge in [0.2, 0.25) is 0 Å². The number of hydrogen-bond donors (Lipinski definition) is 2. The first-order valence-electron chi connectivity index (χ1n) is 7.50. The minimum atomic E-state index is 0.319. The number of nitrogens with zero attached hydrogens (tertiary/aromatic N) is 1. The van der Waals surface area contributed by atoms with Gasteiger partial charge in [-0.25, -0.2) is 0 Å². The first-order valence-corrected chi connectivity index (χ1v) is 7.50. The topological polar surface area (TPSA) is 46.2 Å². The molecule has 1 aromatic rings. The summed E-state index contributed by atoms with van der Waals surface area (Å²) in [4.78, 5) is 0. The van der Waals surface area contributed by atoms with Crippen molar-refractivity contribution in [3.63, 3.8) is 0 Å². The van der Waals surface area contributed by atoms with Gasteiger partial charge in [0.05, 0.1) is 26.7 Å². The summed E-state index contributed by atoms with van der Waals surface area (Å²) in [6.07, 6.45) is 7.55. The maximum atomic E-state index is 9.48. The van der Waals surface area contributed by atoms with Crippen LogP contribution in [0.3, 0.4) is 0 Å². The van der Waals surface area contributed by atoms with E-state index in [1.54, 1.807) is 18.2 Å². The smallest absolute Gasteiger partial charge is 0.116 e. The van der Waals surface area contributed by atoms with Crippen LogP contribution < -0.4 is 5.73 Å². The Labute approximate surface area is 116 Å². The quantitative estimate of drug-likeness (QED) is 0.371. The minimum absolute atomic E-state index is 0.319. The van der Waals surface area contributed by atoms with Crippen LogP contribution in [-0.4, -0.2) is 36.3 Å². The van der Waals surface area contributed by atoms with Crippen molar-refractivity contribution in [3.05, 3.63) is 23.8 Å². The summed E-state index contributed by atoms with van der Waals surface area (Å²) in [5, 5.41) is 9.48. The second-order valence-corrected chi connectivity index (χ2v) is 6.19. The van der Waals surface area contributed by atoms with E-state index < -0.39 is 0 Å². The number of aryl methyl sites for hydroxylation is 1. The highest BCUT2D eigenvalue weighted by Crippen LogP contribution is 2.21. The Morgan fingerprint density at radius 1 is 1.16 bits per heavy atom. The van der Waals surface area contributed by atoms with E-state index in [2.05, 4.69) is 7.05 Å². The largest absolute Gasteiger partial charge is 0.508 e. The van der Waals surface area contributed by atoms with Crippen LogP contribution in [0, 0.1) is 0 Å². The number of hydrogen-bond acceptors (Lipinski definition) is 2.